The number of hydrogen-bond acceptors (Lipinski definition) is 8. The van der Waals surface area contributed by atoms with E-state index in [0.29, 0.717) is 25.0 Å². The zero-order valence-electron chi connectivity index (χ0n) is 19.6. The van der Waals surface area contributed by atoms with Crippen molar-refractivity contribution in [1.82, 2.24) is 19.9 Å². The fourth-order valence-corrected chi connectivity index (χ4v) is 3.72. The lowest BCUT2D eigenvalue weighted by Gasteiger charge is -2.24. The normalized spacial score (nSPS) is 15.9. The Balaban J connectivity index is 1.51. The molecule has 1 aliphatic rings. The van der Waals surface area contributed by atoms with E-state index in [1.807, 2.05) is 0 Å². The van der Waals surface area contributed by atoms with Crippen LogP contribution in [0.25, 0.3) is 11.0 Å². The maximum absolute atomic E-state index is 14.7. The molecule has 1 atom stereocenters. The monoisotopic (exact) mass is 525 g/mol. The van der Waals surface area contributed by atoms with Gasteiger partial charge in [0.15, 0.2) is 11.6 Å². The van der Waals surface area contributed by atoms with Gasteiger partial charge in [0.05, 0.1) is 17.7 Å². The van der Waals surface area contributed by atoms with E-state index in [1.165, 1.54) is 12.4 Å². The van der Waals surface area contributed by atoms with Crippen LogP contribution in [0.1, 0.15) is 27.2 Å². The highest BCUT2D eigenvalue weighted by molar-refractivity contribution is 6.32. The van der Waals surface area contributed by atoms with Crippen molar-refractivity contribution in [2.75, 3.05) is 18.4 Å². The van der Waals surface area contributed by atoms with Crippen molar-refractivity contribution in [3.63, 3.8) is 0 Å². The summed E-state index contributed by atoms with van der Waals surface area (Å²) in [5, 5.41) is 2.15. The van der Waals surface area contributed by atoms with Crippen molar-refractivity contribution in [3.05, 3.63) is 41.4 Å². The van der Waals surface area contributed by atoms with E-state index < -0.39 is 34.9 Å². The summed E-state index contributed by atoms with van der Waals surface area (Å²) >= 11 is 5.84. The number of nitrogens with one attached hydrogen (secondary N) is 1. The van der Waals surface area contributed by atoms with Gasteiger partial charge in [-0.15, -0.1) is 0 Å². The molecule has 4 rings (SSSR count). The molecular weight excluding hydrogens is 503 g/mol. The zero-order chi connectivity index (χ0) is 26.0. The summed E-state index contributed by atoms with van der Waals surface area (Å²) in [6, 6.07) is 5.59. The van der Waals surface area contributed by atoms with Crippen molar-refractivity contribution < 1.29 is 32.2 Å². The van der Waals surface area contributed by atoms with E-state index in [4.69, 9.17) is 21.1 Å². The van der Waals surface area contributed by atoms with Crippen LogP contribution in [0.15, 0.2) is 30.6 Å². The predicted molar refractivity (Wildman–Crippen MR) is 125 cm³/mol. The van der Waals surface area contributed by atoms with Crippen LogP contribution in [0.5, 0.6) is 11.6 Å². The molecule has 1 aliphatic heterocycles. The lowest BCUT2D eigenvalue weighted by molar-refractivity contribution is -0.0499. The number of rotatable bonds is 6. The van der Waals surface area contributed by atoms with Gasteiger partial charge in [-0.05, 0) is 39.0 Å². The van der Waals surface area contributed by atoms with Crippen molar-refractivity contribution in [2.45, 2.75) is 45.5 Å². The average Bonchev–Trinajstić information content (AvgIpc) is 3.26. The summed E-state index contributed by atoms with van der Waals surface area (Å²) in [5.74, 6) is -1.09. The Hall–Kier alpha value is -3.54. The molecule has 0 unspecified atom stereocenters. The van der Waals surface area contributed by atoms with Crippen LogP contribution in [0.2, 0.25) is 5.02 Å². The first-order chi connectivity index (χ1) is 17.0. The Morgan fingerprint density at radius 3 is 2.72 bits per heavy atom. The van der Waals surface area contributed by atoms with E-state index in [9.17, 15) is 18.0 Å². The molecule has 192 valence electrons. The lowest BCUT2D eigenvalue weighted by atomic mass is 10.2. The number of carbonyl (C=O) groups excluding carboxylic acids is 1. The summed E-state index contributed by atoms with van der Waals surface area (Å²) < 4.78 is 55.2. The molecule has 0 radical (unpaired) electrons. The molecule has 36 heavy (non-hydrogen) atoms. The summed E-state index contributed by atoms with van der Waals surface area (Å²) in [6.07, 6.45) is 1.13. The highest BCUT2D eigenvalue weighted by atomic mass is 35.5. The molecule has 3 aromatic rings. The third-order valence-corrected chi connectivity index (χ3v) is 5.41. The number of carbonyl (C=O) groups is 1. The van der Waals surface area contributed by atoms with Crippen molar-refractivity contribution in [3.8, 4) is 11.6 Å². The largest absolute Gasteiger partial charge is 0.472 e. The Labute approximate surface area is 209 Å². The van der Waals surface area contributed by atoms with Gasteiger partial charge in [-0.2, -0.15) is 8.78 Å². The van der Waals surface area contributed by atoms with Gasteiger partial charge in [0.1, 0.15) is 34.3 Å². The Kier molecular flexibility index (Phi) is 7.25. The van der Waals surface area contributed by atoms with Crippen molar-refractivity contribution >= 4 is 40.2 Å². The summed E-state index contributed by atoms with van der Waals surface area (Å²) in [6.45, 7) is 3.06. The molecule has 2 aromatic heterocycles. The fourth-order valence-electron chi connectivity index (χ4n) is 3.51. The Bertz CT molecular complexity index is 1270. The quantitative estimate of drug-likeness (QED) is 0.447. The number of fused-ring (bicyclic) bond motifs is 1. The molecule has 9 nitrogen and oxygen atoms in total. The summed E-state index contributed by atoms with van der Waals surface area (Å²) in [4.78, 5) is 26.6. The highest BCUT2D eigenvalue weighted by Gasteiger charge is 2.31. The number of ether oxygens (including phenoxy) is 3. The van der Waals surface area contributed by atoms with E-state index in [1.54, 1.807) is 37.8 Å². The third kappa shape index (κ3) is 5.99. The SMILES string of the molecule is CC(C)(C)OC(=O)N1CC[C@H](Oc2ccc3ncnc(Nc4ccc(OC(F)F)c(Cl)c4F)c3n2)C1. The number of amides is 1. The highest BCUT2D eigenvalue weighted by Crippen LogP contribution is 2.35. The molecule has 13 heteroatoms. The van der Waals surface area contributed by atoms with E-state index in [0.717, 1.165) is 6.07 Å². The predicted octanol–water partition coefficient (Wildman–Crippen LogP) is 5.55. The molecule has 1 fully saturated rings. The van der Waals surface area contributed by atoms with Crippen LogP contribution in [0, 0.1) is 5.82 Å². The first-order valence-electron chi connectivity index (χ1n) is 11.0. The van der Waals surface area contributed by atoms with Gasteiger partial charge in [-0.3, -0.25) is 0 Å². The van der Waals surface area contributed by atoms with Gasteiger partial charge in [0.2, 0.25) is 5.88 Å². The molecular formula is C23H23ClF3N5O4. The number of alkyl halides is 2. The minimum absolute atomic E-state index is 0.126. The van der Waals surface area contributed by atoms with Crippen LogP contribution in [-0.2, 0) is 4.74 Å². The van der Waals surface area contributed by atoms with Gasteiger partial charge in [-0.25, -0.2) is 24.1 Å². The Morgan fingerprint density at radius 1 is 1.22 bits per heavy atom. The molecule has 1 amide bonds. The topological polar surface area (TPSA) is 98.7 Å². The van der Waals surface area contributed by atoms with Gasteiger partial charge >= 0.3 is 12.7 Å². The molecule has 1 N–H and O–H groups in total. The van der Waals surface area contributed by atoms with Gasteiger partial charge in [0, 0.05) is 19.0 Å². The maximum Gasteiger partial charge on any atom is 0.410 e. The van der Waals surface area contributed by atoms with Crippen LogP contribution in [0.3, 0.4) is 0 Å². The molecule has 1 aromatic carbocycles. The number of pyridine rings is 1. The van der Waals surface area contributed by atoms with Crippen LogP contribution >= 0.6 is 11.6 Å². The van der Waals surface area contributed by atoms with Crippen LogP contribution in [-0.4, -0.2) is 57.4 Å². The minimum Gasteiger partial charge on any atom is -0.472 e. The zero-order valence-corrected chi connectivity index (χ0v) is 20.4. The minimum atomic E-state index is -3.15. The maximum atomic E-state index is 14.7. The molecule has 1 saturated heterocycles. The van der Waals surface area contributed by atoms with Crippen LogP contribution < -0.4 is 14.8 Å². The number of nitrogens with zero attached hydrogens (tertiary/aromatic N) is 4. The number of aromatic nitrogens is 3. The number of likely N-dealkylation sites (tertiary alicyclic amines) is 1. The first kappa shape index (κ1) is 25.5. The Morgan fingerprint density at radius 2 is 2.00 bits per heavy atom. The average molecular weight is 526 g/mol. The molecule has 0 spiro atoms. The molecule has 0 bridgehead atoms. The van der Waals surface area contributed by atoms with Crippen LogP contribution in [0.4, 0.5) is 29.5 Å². The fraction of sp³-hybridized carbons (Fsp3) is 0.391. The molecule has 0 aliphatic carbocycles. The molecule has 0 saturated carbocycles. The third-order valence-electron chi connectivity index (χ3n) is 5.06. The van der Waals surface area contributed by atoms with E-state index in [2.05, 4.69) is 25.0 Å². The first-order valence-corrected chi connectivity index (χ1v) is 11.3. The standard InChI is InChI=1S/C23H23ClF3N5O4/c1-23(2,3)36-22(33)32-9-8-12(10-32)34-16-7-5-14-19(31-16)20(29-11-28-14)30-13-4-6-15(35-21(26)27)17(24)18(13)25/h4-7,11-12,21H,8-10H2,1-3H3,(H,28,29,30)/t12-/m0/s1. The second-order valence-corrected chi connectivity index (χ2v) is 9.32. The van der Waals surface area contributed by atoms with Crippen molar-refractivity contribution in [1.29, 1.82) is 0 Å². The second kappa shape index (κ2) is 10.2. The number of benzene rings is 1. The smallest absolute Gasteiger partial charge is 0.410 e. The lowest BCUT2D eigenvalue weighted by Crippen LogP contribution is -2.36. The van der Waals surface area contributed by atoms with Gasteiger partial charge < -0.3 is 24.4 Å². The van der Waals surface area contributed by atoms with Crippen molar-refractivity contribution in [2.24, 2.45) is 0 Å². The molecule has 3 heterocycles. The number of anilines is 2. The second-order valence-electron chi connectivity index (χ2n) is 8.94. The summed E-state index contributed by atoms with van der Waals surface area (Å²) in [7, 11) is 0. The van der Waals surface area contributed by atoms with E-state index in [-0.39, 0.29) is 29.0 Å². The van der Waals surface area contributed by atoms with E-state index >= 15 is 0 Å². The summed E-state index contributed by atoms with van der Waals surface area (Å²) in [5.41, 5.74) is 0.00372. The number of halogens is 4. The number of hydrogen-bond donors (Lipinski definition) is 1. The van der Waals surface area contributed by atoms with Gasteiger partial charge in [-0.1, -0.05) is 11.6 Å². The van der Waals surface area contributed by atoms with Gasteiger partial charge in [0.25, 0.3) is 0 Å².